The second kappa shape index (κ2) is 12.0. The number of halogens is 2. The number of carbonyl (C=O) groups excluding carboxylic acids is 1. The molecule has 152 valence electrons. The van der Waals surface area contributed by atoms with Gasteiger partial charge in [-0.3, -0.25) is 4.79 Å². The van der Waals surface area contributed by atoms with E-state index < -0.39 is 5.82 Å². The molecule has 1 unspecified atom stereocenters. The first-order valence-corrected chi connectivity index (χ1v) is 9.11. The van der Waals surface area contributed by atoms with Crippen LogP contribution in [0.5, 0.6) is 5.75 Å². The first kappa shape index (κ1) is 23.5. The fourth-order valence-electron chi connectivity index (χ4n) is 3.02. The van der Waals surface area contributed by atoms with Crippen LogP contribution in [0.1, 0.15) is 32.3 Å². The Balaban J connectivity index is 0.00000364. The zero-order chi connectivity index (χ0) is 18.9. The molecule has 1 atom stereocenters. The fourth-order valence-corrected chi connectivity index (χ4v) is 3.02. The summed E-state index contributed by atoms with van der Waals surface area (Å²) in [6, 6.07) is 4.83. The highest BCUT2D eigenvalue weighted by Gasteiger charge is 2.28. The lowest BCUT2D eigenvalue weighted by molar-refractivity contribution is -0.149. The number of aliphatic imine (C=N–C) groups is 1. The van der Waals surface area contributed by atoms with Crippen LogP contribution >= 0.6 is 24.0 Å². The molecule has 1 N–H and O–H groups in total. The maximum atomic E-state index is 13.8. The Kier molecular flexibility index (Phi) is 10.4. The molecule has 6 nitrogen and oxygen atoms in total. The van der Waals surface area contributed by atoms with Gasteiger partial charge < -0.3 is 19.7 Å². The number of ether oxygens (including phenoxy) is 2. The van der Waals surface area contributed by atoms with E-state index in [0.717, 1.165) is 37.5 Å². The van der Waals surface area contributed by atoms with Crippen molar-refractivity contribution in [2.24, 2.45) is 10.9 Å². The molecule has 1 aromatic carbocycles. The number of hydrogen-bond acceptors (Lipinski definition) is 4. The fraction of sp³-hybridized carbons (Fsp3) is 0.579. The van der Waals surface area contributed by atoms with E-state index in [9.17, 15) is 9.18 Å². The summed E-state index contributed by atoms with van der Waals surface area (Å²) in [4.78, 5) is 18.7. The topological polar surface area (TPSA) is 63.2 Å². The van der Waals surface area contributed by atoms with Crippen molar-refractivity contribution in [1.29, 1.82) is 0 Å². The lowest BCUT2D eigenvalue weighted by Crippen LogP contribution is -2.48. The summed E-state index contributed by atoms with van der Waals surface area (Å²) in [6.07, 6.45) is 1.74. The van der Waals surface area contributed by atoms with E-state index >= 15 is 0 Å². The summed E-state index contributed by atoms with van der Waals surface area (Å²) in [6.45, 7) is 6.69. The average Bonchev–Trinajstić information content (AvgIpc) is 2.65. The third-order valence-electron chi connectivity index (χ3n) is 4.30. The van der Waals surface area contributed by atoms with Crippen LogP contribution in [0, 0.1) is 11.7 Å². The average molecular weight is 493 g/mol. The maximum absolute atomic E-state index is 13.8. The van der Waals surface area contributed by atoms with Gasteiger partial charge in [0.05, 0.1) is 26.2 Å². The molecule has 1 heterocycles. The monoisotopic (exact) mass is 493 g/mol. The van der Waals surface area contributed by atoms with E-state index in [4.69, 9.17) is 9.47 Å². The summed E-state index contributed by atoms with van der Waals surface area (Å²) in [5, 5.41) is 3.26. The minimum absolute atomic E-state index is 0. The smallest absolute Gasteiger partial charge is 0.310 e. The molecule has 0 radical (unpaired) electrons. The molecule has 0 bridgehead atoms. The third-order valence-corrected chi connectivity index (χ3v) is 4.30. The van der Waals surface area contributed by atoms with Crippen LogP contribution < -0.4 is 10.1 Å². The molecular weight excluding hydrogens is 464 g/mol. The number of esters is 1. The van der Waals surface area contributed by atoms with E-state index in [1.807, 2.05) is 13.8 Å². The number of nitrogens with zero attached hydrogens (tertiary/aromatic N) is 2. The van der Waals surface area contributed by atoms with E-state index in [-0.39, 0.29) is 41.6 Å². The molecule has 1 saturated heterocycles. The highest BCUT2D eigenvalue weighted by atomic mass is 127. The summed E-state index contributed by atoms with van der Waals surface area (Å²) >= 11 is 0. The number of benzene rings is 1. The van der Waals surface area contributed by atoms with Crippen LogP contribution in [0.2, 0.25) is 0 Å². The van der Waals surface area contributed by atoms with E-state index in [0.29, 0.717) is 19.7 Å². The predicted molar refractivity (Wildman–Crippen MR) is 114 cm³/mol. The summed E-state index contributed by atoms with van der Waals surface area (Å²) in [7, 11) is 1.44. The molecular formula is C19H29FIN3O3. The largest absolute Gasteiger partial charge is 0.494 e. The number of piperidine rings is 1. The van der Waals surface area contributed by atoms with Gasteiger partial charge in [-0.1, -0.05) is 6.07 Å². The molecule has 8 heteroatoms. The first-order chi connectivity index (χ1) is 12.6. The van der Waals surface area contributed by atoms with Gasteiger partial charge in [0.1, 0.15) is 0 Å². The number of rotatable bonds is 6. The molecule has 0 aliphatic carbocycles. The SMILES string of the molecule is CCNC(=NCc1ccc(OC)c(F)c1)N1CCCC(C(=O)OCC)C1.I. The Hall–Kier alpha value is -1.58. The van der Waals surface area contributed by atoms with Gasteiger partial charge in [-0.15, -0.1) is 24.0 Å². The number of nitrogens with one attached hydrogen (secondary N) is 1. The Morgan fingerprint density at radius 3 is 2.81 bits per heavy atom. The molecule has 1 fully saturated rings. The predicted octanol–water partition coefficient (Wildman–Crippen LogP) is 3.19. The highest BCUT2D eigenvalue weighted by Crippen LogP contribution is 2.20. The number of guanidine groups is 1. The Bertz CT molecular complexity index is 643. The van der Waals surface area contributed by atoms with E-state index in [1.54, 1.807) is 12.1 Å². The quantitative estimate of drug-likeness (QED) is 0.286. The Labute approximate surface area is 177 Å². The Morgan fingerprint density at radius 2 is 2.19 bits per heavy atom. The highest BCUT2D eigenvalue weighted by molar-refractivity contribution is 14.0. The lowest BCUT2D eigenvalue weighted by Gasteiger charge is -2.34. The van der Waals surface area contributed by atoms with Crippen molar-refractivity contribution in [3.05, 3.63) is 29.6 Å². The second-order valence-corrected chi connectivity index (χ2v) is 6.18. The molecule has 1 aromatic rings. The van der Waals surface area contributed by atoms with Crippen LogP contribution in [0.25, 0.3) is 0 Å². The zero-order valence-electron chi connectivity index (χ0n) is 16.2. The van der Waals surface area contributed by atoms with Crippen molar-refractivity contribution in [3.63, 3.8) is 0 Å². The first-order valence-electron chi connectivity index (χ1n) is 9.11. The lowest BCUT2D eigenvalue weighted by atomic mass is 9.98. The van der Waals surface area contributed by atoms with E-state index in [2.05, 4.69) is 15.2 Å². The van der Waals surface area contributed by atoms with Crippen LogP contribution in [0.15, 0.2) is 23.2 Å². The van der Waals surface area contributed by atoms with Gasteiger partial charge in [-0.2, -0.15) is 0 Å². The van der Waals surface area contributed by atoms with Crippen molar-refractivity contribution >= 4 is 35.9 Å². The van der Waals surface area contributed by atoms with Crippen LogP contribution in [0.3, 0.4) is 0 Å². The Morgan fingerprint density at radius 1 is 1.41 bits per heavy atom. The molecule has 27 heavy (non-hydrogen) atoms. The standard InChI is InChI=1S/C19H28FN3O3.HI/c1-4-21-19(22-12-14-8-9-17(25-3)16(20)11-14)23-10-6-7-15(13-23)18(24)26-5-2;/h8-9,11,15H,4-7,10,12-13H2,1-3H3,(H,21,22);1H. The van der Waals surface area contributed by atoms with Crippen molar-refractivity contribution in [1.82, 2.24) is 10.2 Å². The summed E-state index contributed by atoms with van der Waals surface area (Å²) < 4.78 is 23.9. The number of likely N-dealkylation sites (tertiary alicyclic amines) is 1. The van der Waals surface area contributed by atoms with Gasteiger partial charge >= 0.3 is 5.97 Å². The van der Waals surface area contributed by atoms with Crippen LogP contribution in [0.4, 0.5) is 4.39 Å². The normalized spacial score (nSPS) is 17.1. The van der Waals surface area contributed by atoms with Gasteiger partial charge in [0, 0.05) is 19.6 Å². The van der Waals surface area contributed by atoms with Crippen molar-refractivity contribution < 1.29 is 18.7 Å². The molecule has 2 rings (SSSR count). The number of hydrogen-bond donors (Lipinski definition) is 1. The van der Waals surface area contributed by atoms with Gasteiger partial charge in [-0.05, 0) is 44.4 Å². The van der Waals surface area contributed by atoms with Crippen molar-refractivity contribution in [2.75, 3.05) is 33.4 Å². The van der Waals surface area contributed by atoms with Crippen LogP contribution in [-0.4, -0.2) is 50.2 Å². The van der Waals surface area contributed by atoms with Gasteiger partial charge in [-0.25, -0.2) is 9.38 Å². The molecule has 1 aliphatic rings. The van der Waals surface area contributed by atoms with E-state index in [1.165, 1.54) is 13.2 Å². The number of carbonyl (C=O) groups is 1. The third kappa shape index (κ3) is 6.82. The minimum Gasteiger partial charge on any atom is -0.494 e. The van der Waals surface area contributed by atoms with Gasteiger partial charge in [0.25, 0.3) is 0 Å². The molecule has 0 amide bonds. The number of methoxy groups -OCH3 is 1. The van der Waals surface area contributed by atoms with Crippen LogP contribution in [-0.2, 0) is 16.1 Å². The van der Waals surface area contributed by atoms with Gasteiger partial charge in [0.2, 0.25) is 0 Å². The zero-order valence-corrected chi connectivity index (χ0v) is 18.5. The van der Waals surface area contributed by atoms with Crippen molar-refractivity contribution in [3.8, 4) is 5.75 Å². The molecule has 0 aromatic heterocycles. The maximum Gasteiger partial charge on any atom is 0.310 e. The molecule has 0 saturated carbocycles. The van der Waals surface area contributed by atoms with Crippen molar-refractivity contribution in [2.45, 2.75) is 33.2 Å². The summed E-state index contributed by atoms with van der Waals surface area (Å²) in [5.74, 6) is 0.275. The van der Waals surface area contributed by atoms with Gasteiger partial charge in [0.15, 0.2) is 17.5 Å². The minimum atomic E-state index is -0.398. The molecule has 1 aliphatic heterocycles. The summed E-state index contributed by atoms with van der Waals surface area (Å²) in [5.41, 5.74) is 0.762. The second-order valence-electron chi connectivity index (χ2n) is 6.18. The molecule has 0 spiro atoms.